The normalized spacial score (nSPS) is 29.1. The Bertz CT molecular complexity index is 162. The molecule has 4 heteroatoms. The number of ether oxygens (including phenoxy) is 1. The lowest BCUT2D eigenvalue weighted by Gasteiger charge is -2.27. The van der Waals surface area contributed by atoms with Crippen molar-refractivity contribution in [1.29, 1.82) is 0 Å². The number of aliphatic hydroxyl groups is 1. The molecule has 0 spiro atoms. The Morgan fingerprint density at radius 1 is 1.69 bits per heavy atom. The molecule has 13 heavy (non-hydrogen) atoms. The first kappa shape index (κ1) is 10.9. The maximum absolute atomic E-state index is 9.74. The van der Waals surface area contributed by atoms with Crippen LogP contribution in [0.2, 0.25) is 0 Å². The Labute approximate surface area is 79.7 Å². The summed E-state index contributed by atoms with van der Waals surface area (Å²) in [5.74, 6) is 0. The number of rotatable bonds is 4. The molecule has 78 valence electrons. The Kier molecular flexibility index (Phi) is 3.67. The van der Waals surface area contributed by atoms with E-state index in [1.807, 2.05) is 0 Å². The van der Waals surface area contributed by atoms with Gasteiger partial charge in [-0.25, -0.2) is 0 Å². The lowest BCUT2D eigenvalue weighted by atomic mass is 10.1. The van der Waals surface area contributed by atoms with Gasteiger partial charge in [-0.1, -0.05) is 0 Å². The van der Waals surface area contributed by atoms with Crippen LogP contribution in [0.15, 0.2) is 0 Å². The number of methoxy groups -OCH3 is 1. The fourth-order valence-electron chi connectivity index (χ4n) is 1.68. The molecule has 0 amide bonds. The van der Waals surface area contributed by atoms with Crippen molar-refractivity contribution in [2.24, 2.45) is 5.73 Å². The Balaban J connectivity index is 2.31. The van der Waals surface area contributed by atoms with Crippen molar-refractivity contribution >= 4 is 0 Å². The number of nitrogens with two attached hydrogens (primary N) is 1. The van der Waals surface area contributed by atoms with Crippen molar-refractivity contribution in [2.45, 2.75) is 25.0 Å². The van der Waals surface area contributed by atoms with Gasteiger partial charge in [-0.2, -0.15) is 0 Å². The Hall–Kier alpha value is -0.160. The maximum atomic E-state index is 9.74. The highest BCUT2D eigenvalue weighted by molar-refractivity contribution is 4.83. The van der Waals surface area contributed by atoms with Crippen molar-refractivity contribution in [3.8, 4) is 0 Å². The fraction of sp³-hybridized carbons (Fsp3) is 1.00. The first-order chi connectivity index (χ1) is 6.07. The number of likely N-dealkylation sites (tertiary alicyclic amines) is 1. The lowest BCUT2D eigenvalue weighted by Crippen LogP contribution is -2.45. The van der Waals surface area contributed by atoms with E-state index in [1.54, 1.807) is 14.0 Å². The first-order valence-corrected chi connectivity index (χ1v) is 4.75. The van der Waals surface area contributed by atoms with Gasteiger partial charge < -0.3 is 15.6 Å². The summed E-state index contributed by atoms with van der Waals surface area (Å²) in [6.07, 6.45) is 1.38. The van der Waals surface area contributed by atoms with Crippen molar-refractivity contribution in [1.82, 2.24) is 4.90 Å². The van der Waals surface area contributed by atoms with Crippen LogP contribution in [-0.2, 0) is 4.74 Å². The van der Waals surface area contributed by atoms with E-state index in [-0.39, 0.29) is 0 Å². The maximum Gasteiger partial charge on any atom is 0.0867 e. The van der Waals surface area contributed by atoms with E-state index in [1.165, 1.54) is 0 Å². The molecule has 0 aromatic heterocycles. The molecule has 0 radical (unpaired) electrons. The van der Waals surface area contributed by atoms with Gasteiger partial charge in [0.2, 0.25) is 0 Å². The Morgan fingerprint density at radius 2 is 2.38 bits per heavy atom. The highest BCUT2D eigenvalue weighted by Crippen LogP contribution is 2.14. The van der Waals surface area contributed by atoms with Crippen molar-refractivity contribution in [3.63, 3.8) is 0 Å². The molecular formula is C9H20N2O2. The molecule has 1 aliphatic heterocycles. The summed E-state index contributed by atoms with van der Waals surface area (Å²) in [6, 6.07) is 0. The monoisotopic (exact) mass is 188 g/mol. The van der Waals surface area contributed by atoms with Crippen LogP contribution >= 0.6 is 0 Å². The van der Waals surface area contributed by atoms with E-state index in [0.29, 0.717) is 19.2 Å². The Morgan fingerprint density at radius 3 is 2.85 bits per heavy atom. The van der Waals surface area contributed by atoms with Crippen LogP contribution in [0, 0.1) is 0 Å². The van der Waals surface area contributed by atoms with E-state index in [0.717, 1.165) is 19.5 Å². The minimum Gasteiger partial charge on any atom is -0.388 e. The van der Waals surface area contributed by atoms with Crippen molar-refractivity contribution in [2.75, 3.05) is 33.3 Å². The molecule has 1 rings (SSSR count). The highest BCUT2D eigenvalue weighted by Gasteiger charge is 2.28. The number of hydrogen-bond donors (Lipinski definition) is 2. The lowest BCUT2D eigenvalue weighted by molar-refractivity contribution is 0.0279. The predicted molar refractivity (Wildman–Crippen MR) is 51.5 cm³/mol. The van der Waals surface area contributed by atoms with Gasteiger partial charge in [0.15, 0.2) is 0 Å². The van der Waals surface area contributed by atoms with E-state index in [2.05, 4.69) is 4.90 Å². The molecule has 0 aliphatic carbocycles. The summed E-state index contributed by atoms with van der Waals surface area (Å²) in [5, 5.41) is 9.74. The second-order valence-corrected chi connectivity index (χ2v) is 4.08. The van der Waals surface area contributed by atoms with Crippen LogP contribution in [0.5, 0.6) is 0 Å². The van der Waals surface area contributed by atoms with E-state index in [9.17, 15) is 5.11 Å². The highest BCUT2D eigenvalue weighted by atomic mass is 16.5. The van der Waals surface area contributed by atoms with Gasteiger partial charge in [-0.05, 0) is 13.3 Å². The van der Waals surface area contributed by atoms with Crippen LogP contribution in [0.1, 0.15) is 13.3 Å². The van der Waals surface area contributed by atoms with Crippen LogP contribution in [0.25, 0.3) is 0 Å². The molecule has 1 heterocycles. The minimum atomic E-state index is -0.761. The molecule has 1 saturated heterocycles. The number of hydrogen-bond acceptors (Lipinski definition) is 4. The molecule has 0 aromatic rings. The molecule has 3 N–H and O–H groups in total. The molecule has 2 atom stereocenters. The average molecular weight is 188 g/mol. The standard InChI is InChI=1S/C9H20N2O2/c1-9(12,6-10)7-11-4-3-8(5-11)13-2/h8,12H,3-7,10H2,1-2H3. The van der Waals surface area contributed by atoms with Crippen molar-refractivity contribution in [3.05, 3.63) is 0 Å². The average Bonchev–Trinajstić information content (AvgIpc) is 2.52. The zero-order valence-electron chi connectivity index (χ0n) is 8.49. The van der Waals surface area contributed by atoms with Gasteiger partial charge in [-0.3, -0.25) is 4.90 Å². The summed E-state index contributed by atoms with van der Waals surface area (Å²) in [5.41, 5.74) is 4.68. The number of nitrogens with zero attached hydrogens (tertiary/aromatic N) is 1. The quantitative estimate of drug-likeness (QED) is 0.619. The summed E-state index contributed by atoms with van der Waals surface area (Å²) in [4.78, 5) is 2.20. The SMILES string of the molecule is COC1CCN(CC(C)(O)CN)C1. The summed E-state index contributed by atoms with van der Waals surface area (Å²) in [6.45, 7) is 4.62. The van der Waals surface area contributed by atoms with E-state index >= 15 is 0 Å². The third-order valence-corrected chi connectivity index (χ3v) is 2.57. The van der Waals surface area contributed by atoms with Gasteiger partial charge in [0, 0.05) is 33.3 Å². The first-order valence-electron chi connectivity index (χ1n) is 4.75. The predicted octanol–water partition coefficient (Wildman–Crippen LogP) is -0.583. The van der Waals surface area contributed by atoms with E-state index in [4.69, 9.17) is 10.5 Å². The van der Waals surface area contributed by atoms with Gasteiger partial charge in [0.05, 0.1) is 11.7 Å². The van der Waals surface area contributed by atoms with Crippen molar-refractivity contribution < 1.29 is 9.84 Å². The van der Waals surface area contributed by atoms with Gasteiger partial charge >= 0.3 is 0 Å². The summed E-state index contributed by atoms with van der Waals surface area (Å²) in [7, 11) is 1.73. The van der Waals surface area contributed by atoms with Gasteiger partial charge in [-0.15, -0.1) is 0 Å². The van der Waals surface area contributed by atoms with Gasteiger partial charge in [0.25, 0.3) is 0 Å². The molecular weight excluding hydrogens is 168 g/mol. The summed E-state index contributed by atoms with van der Waals surface area (Å²) >= 11 is 0. The molecule has 4 nitrogen and oxygen atoms in total. The summed E-state index contributed by atoms with van der Waals surface area (Å²) < 4.78 is 5.23. The zero-order chi connectivity index (χ0) is 9.90. The molecule has 0 saturated carbocycles. The topological polar surface area (TPSA) is 58.7 Å². The smallest absolute Gasteiger partial charge is 0.0867 e. The van der Waals surface area contributed by atoms with Crippen LogP contribution in [0.3, 0.4) is 0 Å². The third kappa shape index (κ3) is 3.23. The van der Waals surface area contributed by atoms with Crippen LogP contribution in [-0.4, -0.2) is 55.0 Å². The molecule has 0 aromatic carbocycles. The van der Waals surface area contributed by atoms with Crippen LogP contribution in [0.4, 0.5) is 0 Å². The molecule has 0 bridgehead atoms. The molecule has 2 unspecified atom stereocenters. The van der Waals surface area contributed by atoms with Gasteiger partial charge in [0.1, 0.15) is 0 Å². The third-order valence-electron chi connectivity index (χ3n) is 2.57. The number of β-amino-alcohol motifs (C(OH)–C–C–N with tert-alkyl or cyclic N) is 1. The second kappa shape index (κ2) is 4.37. The zero-order valence-corrected chi connectivity index (χ0v) is 8.49. The molecule has 1 fully saturated rings. The molecule has 1 aliphatic rings. The largest absolute Gasteiger partial charge is 0.388 e. The van der Waals surface area contributed by atoms with Crippen LogP contribution < -0.4 is 5.73 Å². The van der Waals surface area contributed by atoms with E-state index < -0.39 is 5.60 Å². The fourth-order valence-corrected chi connectivity index (χ4v) is 1.68. The minimum absolute atomic E-state index is 0.307. The second-order valence-electron chi connectivity index (χ2n) is 4.08.